The molecule has 0 bridgehead atoms. The highest BCUT2D eigenvalue weighted by atomic mass is 35.5. The minimum absolute atomic E-state index is 0.260. The van der Waals surface area contributed by atoms with Crippen molar-refractivity contribution >= 4 is 52.0 Å². The van der Waals surface area contributed by atoms with Crippen LogP contribution in [0.25, 0.3) is 11.1 Å². The third-order valence-electron chi connectivity index (χ3n) is 6.81. The van der Waals surface area contributed by atoms with Gasteiger partial charge in [0.15, 0.2) is 5.58 Å². The van der Waals surface area contributed by atoms with Gasteiger partial charge >= 0.3 is 6.01 Å². The van der Waals surface area contributed by atoms with Crippen LogP contribution in [-0.4, -0.2) is 43.0 Å². The molecule has 1 fully saturated rings. The highest BCUT2D eigenvalue weighted by molar-refractivity contribution is 6.31. The number of fused-ring (bicyclic) bond motifs is 1. The maximum atomic E-state index is 13.7. The summed E-state index contributed by atoms with van der Waals surface area (Å²) < 4.78 is 5.81. The van der Waals surface area contributed by atoms with Crippen LogP contribution in [0, 0.1) is 0 Å². The molecule has 0 aliphatic carbocycles. The lowest BCUT2D eigenvalue weighted by atomic mass is 9.95. The highest BCUT2D eigenvalue weighted by Crippen LogP contribution is 2.35. The van der Waals surface area contributed by atoms with Crippen molar-refractivity contribution in [1.29, 1.82) is 0 Å². The third kappa shape index (κ3) is 5.32. The van der Waals surface area contributed by atoms with Gasteiger partial charge in [-0.1, -0.05) is 41.9 Å². The predicted octanol–water partition coefficient (Wildman–Crippen LogP) is 4.92. The van der Waals surface area contributed by atoms with Crippen molar-refractivity contribution in [3.63, 3.8) is 0 Å². The molecule has 198 valence electrons. The summed E-state index contributed by atoms with van der Waals surface area (Å²) in [5.41, 5.74) is 5.06. The molecule has 6 rings (SSSR count). The minimum atomic E-state index is -0.646. The number of aromatic nitrogens is 1. The molecule has 4 N–H and O–H groups in total. The van der Waals surface area contributed by atoms with Gasteiger partial charge in [0.2, 0.25) is 5.96 Å². The average Bonchev–Trinajstić information content (AvgIpc) is 3.36. The quantitative estimate of drug-likeness (QED) is 0.284. The molecule has 39 heavy (non-hydrogen) atoms. The first-order valence-corrected chi connectivity index (χ1v) is 13.2. The van der Waals surface area contributed by atoms with E-state index in [1.807, 2.05) is 73.7 Å². The van der Waals surface area contributed by atoms with E-state index in [4.69, 9.17) is 21.0 Å². The zero-order valence-electron chi connectivity index (χ0n) is 21.4. The number of rotatable bonds is 5. The molecule has 3 heterocycles. The SMILES string of the molecule is CC1=C(C(=O)Nc2ccc(N3CCNCC3)cc2)C(c2ccccc2Cl)N=C(Nc2nc3ccccc3o2)N1. The monoisotopic (exact) mass is 541 g/mol. The smallest absolute Gasteiger partial charge is 0.302 e. The van der Waals surface area contributed by atoms with Crippen molar-refractivity contribution in [3.8, 4) is 0 Å². The fraction of sp³-hybridized carbons (Fsp3) is 0.207. The van der Waals surface area contributed by atoms with E-state index < -0.39 is 6.04 Å². The number of benzene rings is 3. The van der Waals surface area contributed by atoms with Crippen molar-refractivity contribution in [2.45, 2.75) is 13.0 Å². The van der Waals surface area contributed by atoms with Gasteiger partial charge in [0.25, 0.3) is 5.91 Å². The van der Waals surface area contributed by atoms with E-state index >= 15 is 0 Å². The van der Waals surface area contributed by atoms with Crippen molar-refractivity contribution < 1.29 is 9.21 Å². The summed E-state index contributed by atoms with van der Waals surface area (Å²) in [6, 6.07) is 22.5. The number of hydrogen-bond donors (Lipinski definition) is 4. The van der Waals surface area contributed by atoms with Gasteiger partial charge in [-0.3, -0.25) is 10.1 Å². The van der Waals surface area contributed by atoms with Gasteiger partial charge in [-0.25, -0.2) is 4.99 Å². The number of allylic oxidation sites excluding steroid dienone is 1. The molecule has 1 aromatic heterocycles. The maximum Gasteiger partial charge on any atom is 0.302 e. The summed E-state index contributed by atoms with van der Waals surface area (Å²) in [5.74, 6) is 0.144. The second kappa shape index (κ2) is 10.8. The Morgan fingerprint density at radius 1 is 1.03 bits per heavy atom. The first-order chi connectivity index (χ1) is 19.0. The largest absolute Gasteiger partial charge is 0.423 e. The zero-order valence-corrected chi connectivity index (χ0v) is 22.1. The number of aliphatic imine (C=N–C) groups is 1. The lowest BCUT2D eigenvalue weighted by Crippen LogP contribution is -2.43. The van der Waals surface area contributed by atoms with E-state index in [2.05, 4.69) is 31.2 Å². The molecular formula is C29H28ClN7O2. The summed E-state index contributed by atoms with van der Waals surface area (Å²) in [6.45, 7) is 5.69. The molecule has 0 spiro atoms. The Labute approximate surface area is 231 Å². The number of nitrogens with zero attached hydrogens (tertiary/aromatic N) is 3. The predicted molar refractivity (Wildman–Crippen MR) is 155 cm³/mol. The molecule has 4 aromatic rings. The van der Waals surface area contributed by atoms with E-state index in [-0.39, 0.29) is 5.91 Å². The number of anilines is 3. The van der Waals surface area contributed by atoms with Gasteiger partial charge in [-0.05, 0) is 49.4 Å². The second-order valence-electron chi connectivity index (χ2n) is 9.42. The Balaban J connectivity index is 1.26. The van der Waals surface area contributed by atoms with Gasteiger partial charge < -0.3 is 25.3 Å². The number of halogens is 1. The number of oxazole rings is 1. The molecule has 1 unspecified atom stereocenters. The first kappa shape index (κ1) is 25.0. The topological polar surface area (TPSA) is 107 Å². The molecule has 1 atom stereocenters. The Morgan fingerprint density at radius 2 is 1.77 bits per heavy atom. The number of hydrogen-bond acceptors (Lipinski definition) is 8. The second-order valence-corrected chi connectivity index (χ2v) is 9.82. The molecule has 2 aliphatic heterocycles. The Hall–Kier alpha value is -4.34. The number of carbonyl (C=O) groups excluding carboxylic acids is 1. The van der Waals surface area contributed by atoms with Crippen molar-refractivity contribution in [2.75, 3.05) is 41.7 Å². The van der Waals surface area contributed by atoms with Crippen LogP contribution in [0.5, 0.6) is 0 Å². The lowest BCUT2D eigenvalue weighted by molar-refractivity contribution is -0.113. The van der Waals surface area contributed by atoms with Crippen LogP contribution >= 0.6 is 11.6 Å². The van der Waals surface area contributed by atoms with Crippen LogP contribution in [0.1, 0.15) is 18.5 Å². The Bertz CT molecular complexity index is 1540. The van der Waals surface area contributed by atoms with E-state index in [9.17, 15) is 4.79 Å². The summed E-state index contributed by atoms with van der Waals surface area (Å²) in [6.07, 6.45) is 0. The van der Waals surface area contributed by atoms with Crippen LogP contribution < -0.4 is 26.2 Å². The van der Waals surface area contributed by atoms with Gasteiger partial charge in [-0.15, -0.1) is 0 Å². The molecule has 2 aliphatic rings. The van der Waals surface area contributed by atoms with Crippen LogP contribution in [-0.2, 0) is 4.79 Å². The number of amides is 1. The zero-order chi connectivity index (χ0) is 26.8. The first-order valence-electron chi connectivity index (χ1n) is 12.8. The van der Waals surface area contributed by atoms with Crippen LogP contribution in [0.2, 0.25) is 5.02 Å². The molecule has 0 radical (unpaired) electrons. The van der Waals surface area contributed by atoms with Crippen LogP contribution in [0.3, 0.4) is 0 Å². The Kier molecular flexibility index (Phi) is 6.91. The van der Waals surface area contributed by atoms with Gasteiger partial charge in [0.1, 0.15) is 11.6 Å². The molecular weight excluding hydrogens is 514 g/mol. The van der Waals surface area contributed by atoms with Crippen molar-refractivity contribution in [2.24, 2.45) is 4.99 Å². The fourth-order valence-electron chi connectivity index (χ4n) is 4.86. The normalized spacial score (nSPS) is 17.5. The van der Waals surface area contributed by atoms with E-state index in [0.717, 1.165) is 42.9 Å². The number of guanidine groups is 1. The molecule has 1 amide bonds. The van der Waals surface area contributed by atoms with E-state index in [1.54, 1.807) is 6.07 Å². The summed E-state index contributed by atoms with van der Waals surface area (Å²) in [4.78, 5) is 25.3. The number of para-hydroxylation sites is 2. The summed E-state index contributed by atoms with van der Waals surface area (Å²) in [5, 5.41) is 13.2. The third-order valence-corrected chi connectivity index (χ3v) is 7.16. The molecule has 0 saturated carbocycles. The number of nitrogens with one attached hydrogen (secondary N) is 4. The van der Waals surface area contributed by atoms with Crippen molar-refractivity contribution in [1.82, 2.24) is 15.6 Å². The molecule has 1 saturated heterocycles. The summed E-state index contributed by atoms with van der Waals surface area (Å²) >= 11 is 6.58. The minimum Gasteiger partial charge on any atom is -0.423 e. The molecule has 9 nitrogen and oxygen atoms in total. The lowest BCUT2D eigenvalue weighted by Gasteiger charge is -2.29. The average molecular weight is 542 g/mol. The highest BCUT2D eigenvalue weighted by Gasteiger charge is 2.31. The number of carbonyl (C=O) groups is 1. The maximum absolute atomic E-state index is 13.7. The van der Waals surface area contributed by atoms with Gasteiger partial charge in [0, 0.05) is 53.8 Å². The van der Waals surface area contributed by atoms with Gasteiger partial charge in [-0.2, -0.15) is 4.98 Å². The van der Waals surface area contributed by atoms with Crippen LogP contribution in [0.4, 0.5) is 17.4 Å². The van der Waals surface area contributed by atoms with Gasteiger partial charge in [0.05, 0.1) is 5.57 Å². The van der Waals surface area contributed by atoms with E-state index in [1.165, 1.54) is 0 Å². The molecule has 3 aromatic carbocycles. The number of piperazine rings is 1. The van der Waals surface area contributed by atoms with Crippen molar-refractivity contribution in [3.05, 3.63) is 94.7 Å². The van der Waals surface area contributed by atoms with E-state index in [0.29, 0.717) is 39.5 Å². The summed E-state index contributed by atoms with van der Waals surface area (Å²) in [7, 11) is 0. The standard InChI is InChI=1S/C29H28ClN7O2/c1-18-25(27(38)33-19-10-12-20(13-11-19)37-16-14-31-15-17-37)26(21-6-2-3-7-22(21)30)35-28(32-18)36-29-34-23-8-4-5-9-24(23)39-29/h2-13,26,31H,14-17H2,1H3,(H,33,38)(H2,32,34,35,36). The molecule has 10 heteroatoms. The Morgan fingerprint density at radius 3 is 2.54 bits per heavy atom. The fourth-order valence-corrected chi connectivity index (χ4v) is 5.10. The van der Waals surface area contributed by atoms with Crippen LogP contribution in [0.15, 0.2) is 93.5 Å².